The number of nitrogens with zero attached hydrogens (tertiary/aromatic N) is 1. The van der Waals surface area contributed by atoms with Crippen molar-refractivity contribution in [3.8, 4) is 0 Å². The average molecular weight is 303 g/mol. The molecule has 0 saturated carbocycles. The molecule has 1 aromatic carbocycles. The fraction of sp³-hybridized carbons (Fsp3) is 0.200. The first-order valence-electron chi connectivity index (χ1n) is 6.39. The van der Waals surface area contributed by atoms with E-state index < -0.39 is 17.9 Å². The maximum atomic E-state index is 11.5. The molecule has 0 atom stereocenters. The van der Waals surface area contributed by atoms with E-state index in [0.29, 0.717) is 16.7 Å². The Morgan fingerprint density at radius 2 is 1.82 bits per heavy atom. The zero-order chi connectivity index (χ0) is 16.3. The van der Waals surface area contributed by atoms with Crippen molar-refractivity contribution in [2.24, 2.45) is 4.99 Å². The summed E-state index contributed by atoms with van der Waals surface area (Å²) in [6.07, 6.45) is 0.903. The number of aliphatic imine (C=N–C) groups is 1. The molecule has 1 aromatic rings. The van der Waals surface area contributed by atoms with Crippen LogP contribution in [0.3, 0.4) is 0 Å². The minimum absolute atomic E-state index is 0.116. The molecule has 22 heavy (non-hydrogen) atoms. The third-order valence-corrected chi connectivity index (χ3v) is 2.94. The van der Waals surface area contributed by atoms with E-state index in [4.69, 9.17) is 14.9 Å². The Kier molecular flexibility index (Phi) is 4.36. The number of benzene rings is 1. The molecule has 7 heteroatoms. The van der Waals surface area contributed by atoms with Crippen molar-refractivity contribution in [3.63, 3.8) is 0 Å². The summed E-state index contributed by atoms with van der Waals surface area (Å²) in [5.41, 5.74) is 1.47. The Hall–Kier alpha value is -2.96. The van der Waals surface area contributed by atoms with Crippen LogP contribution in [0, 0.1) is 0 Å². The quantitative estimate of drug-likeness (QED) is 0.625. The molecule has 0 radical (unpaired) electrons. The van der Waals surface area contributed by atoms with Crippen LogP contribution in [0.4, 0.5) is 0 Å². The van der Waals surface area contributed by atoms with E-state index in [2.05, 4.69) is 4.99 Å². The van der Waals surface area contributed by atoms with Crippen molar-refractivity contribution < 1.29 is 29.3 Å². The van der Waals surface area contributed by atoms with Crippen LogP contribution in [0.15, 0.2) is 28.9 Å². The SMILES string of the molecule is CC1=N/C(=C\c2ccc(CC(=O)O)c(CC(=O)O)c2)C(=O)O1. The van der Waals surface area contributed by atoms with E-state index in [0.717, 1.165) is 0 Å². The highest BCUT2D eigenvalue weighted by Gasteiger charge is 2.20. The molecule has 0 aromatic heterocycles. The number of esters is 1. The lowest BCUT2D eigenvalue weighted by Crippen LogP contribution is -2.08. The van der Waals surface area contributed by atoms with E-state index in [1.807, 2.05) is 0 Å². The van der Waals surface area contributed by atoms with Crippen LogP contribution >= 0.6 is 0 Å². The van der Waals surface area contributed by atoms with E-state index in [1.165, 1.54) is 18.2 Å². The molecule has 1 aliphatic rings. The minimum Gasteiger partial charge on any atom is -0.481 e. The number of carboxylic acids is 2. The number of ether oxygens (including phenoxy) is 1. The fourth-order valence-corrected chi connectivity index (χ4v) is 2.07. The fourth-order valence-electron chi connectivity index (χ4n) is 2.07. The van der Waals surface area contributed by atoms with Gasteiger partial charge in [0.25, 0.3) is 0 Å². The molecular formula is C15H13NO6. The number of aliphatic carboxylic acids is 2. The molecule has 1 heterocycles. The Morgan fingerprint density at radius 1 is 1.18 bits per heavy atom. The van der Waals surface area contributed by atoms with E-state index in [1.54, 1.807) is 13.0 Å². The number of hydrogen-bond acceptors (Lipinski definition) is 5. The molecule has 114 valence electrons. The van der Waals surface area contributed by atoms with Gasteiger partial charge in [0, 0.05) is 6.92 Å². The summed E-state index contributed by atoms with van der Waals surface area (Å²) < 4.78 is 4.79. The summed E-state index contributed by atoms with van der Waals surface area (Å²) in [7, 11) is 0. The monoisotopic (exact) mass is 303 g/mol. The predicted octanol–water partition coefficient (Wildman–Crippen LogP) is 1.26. The molecule has 2 N–H and O–H groups in total. The van der Waals surface area contributed by atoms with Crippen molar-refractivity contribution in [2.75, 3.05) is 0 Å². The smallest absolute Gasteiger partial charge is 0.363 e. The third-order valence-electron chi connectivity index (χ3n) is 2.94. The number of hydrogen-bond donors (Lipinski definition) is 2. The first-order valence-corrected chi connectivity index (χ1v) is 6.39. The van der Waals surface area contributed by atoms with Gasteiger partial charge in [-0.1, -0.05) is 18.2 Å². The highest BCUT2D eigenvalue weighted by molar-refractivity contribution is 6.06. The highest BCUT2D eigenvalue weighted by atomic mass is 16.6. The highest BCUT2D eigenvalue weighted by Crippen LogP contribution is 2.19. The molecule has 0 bridgehead atoms. The van der Waals surface area contributed by atoms with Crippen LogP contribution < -0.4 is 0 Å². The number of cyclic esters (lactones) is 1. The zero-order valence-corrected chi connectivity index (χ0v) is 11.7. The topological polar surface area (TPSA) is 113 Å². The summed E-state index contributed by atoms with van der Waals surface area (Å²) in [6, 6.07) is 4.68. The molecule has 0 aliphatic carbocycles. The summed E-state index contributed by atoms with van der Waals surface area (Å²) in [5, 5.41) is 17.8. The molecular weight excluding hydrogens is 290 g/mol. The number of carbonyl (C=O) groups is 3. The largest absolute Gasteiger partial charge is 0.481 e. The molecule has 0 spiro atoms. The third kappa shape index (κ3) is 3.78. The summed E-state index contributed by atoms with van der Waals surface area (Å²) in [4.78, 5) is 37.1. The maximum absolute atomic E-state index is 11.5. The van der Waals surface area contributed by atoms with Crippen LogP contribution in [-0.4, -0.2) is 34.0 Å². The van der Waals surface area contributed by atoms with Gasteiger partial charge in [0.05, 0.1) is 12.8 Å². The van der Waals surface area contributed by atoms with E-state index >= 15 is 0 Å². The van der Waals surface area contributed by atoms with Crippen LogP contribution in [0.2, 0.25) is 0 Å². The molecule has 1 aliphatic heterocycles. The second-order valence-corrected chi connectivity index (χ2v) is 4.72. The van der Waals surface area contributed by atoms with E-state index in [9.17, 15) is 14.4 Å². The van der Waals surface area contributed by atoms with Gasteiger partial charge in [0.15, 0.2) is 11.6 Å². The summed E-state index contributed by atoms with van der Waals surface area (Å²) in [6.45, 7) is 1.55. The van der Waals surface area contributed by atoms with Gasteiger partial charge in [0.1, 0.15) is 0 Å². The Bertz CT molecular complexity index is 717. The van der Waals surface area contributed by atoms with Crippen molar-refractivity contribution in [1.29, 1.82) is 0 Å². The van der Waals surface area contributed by atoms with E-state index in [-0.39, 0.29) is 24.4 Å². The van der Waals surface area contributed by atoms with Crippen molar-refractivity contribution in [1.82, 2.24) is 0 Å². The summed E-state index contributed by atoms with van der Waals surface area (Å²) in [5.74, 6) is -2.45. The first kappa shape index (κ1) is 15.4. The van der Waals surface area contributed by atoms with Crippen molar-refractivity contribution in [3.05, 3.63) is 40.6 Å². The Labute approximate surface area is 125 Å². The van der Waals surface area contributed by atoms with Gasteiger partial charge in [-0.3, -0.25) is 9.59 Å². The van der Waals surface area contributed by atoms with Crippen LogP contribution in [-0.2, 0) is 32.0 Å². The Morgan fingerprint density at radius 3 is 2.36 bits per heavy atom. The first-order chi connectivity index (χ1) is 10.3. The lowest BCUT2D eigenvalue weighted by atomic mass is 9.98. The van der Waals surface area contributed by atoms with Crippen LogP contribution in [0.1, 0.15) is 23.6 Å². The molecule has 0 unspecified atom stereocenters. The summed E-state index contributed by atoms with van der Waals surface area (Å²) >= 11 is 0. The second kappa shape index (κ2) is 6.21. The van der Waals surface area contributed by atoms with Crippen LogP contribution in [0.25, 0.3) is 6.08 Å². The number of carbonyl (C=O) groups excluding carboxylic acids is 1. The number of rotatable bonds is 5. The maximum Gasteiger partial charge on any atom is 0.363 e. The standard InChI is InChI=1S/C15H13NO6/c1-8-16-12(15(21)22-8)5-9-2-3-10(6-13(17)18)11(4-9)7-14(19)20/h2-5H,6-7H2,1H3,(H,17,18)(H,19,20)/b12-5-. The van der Waals surface area contributed by atoms with Gasteiger partial charge < -0.3 is 14.9 Å². The molecule has 2 rings (SSSR count). The van der Waals surface area contributed by atoms with Crippen molar-refractivity contribution in [2.45, 2.75) is 19.8 Å². The van der Waals surface area contributed by atoms with Crippen molar-refractivity contribution >= 4 is 29.9 Å². The lowest BCUT2D eigenvalue weighted by Gasteiger charge is -2.07. The van der Waals surface area contributed by atoms with Gasteiger partial charge in [-0.25, -0.2) is 9.79 Å². The second-order valence-electron chi connectivity index (χ2n) is 4.72. The van der Waals surface area contributed by atoms with Gasteiger partial charge >= 0.3 is 17.9 Å². The normalized spacial score (nSPS) is 15.6. The molecule has 0 saturated heterocycles. The van der Waals surface area contributed by atoms with Gasteiger partial charge in [-0.2, -0.15) is 0 Å². The molecule has 0 fully saturated rings. The average Bonchev–Trinajstić information content (AvgIpc) is 2.70. The minimum atomic E-state index is -1.06. The zero-order valence-electron chi connectivity index (χ0n) is 11.7. The number of carboxylic acid groups (broad SMARTS) is 2. The predicted molar refractivity (Wildman–Crippen MR) is 76.3 cm³/mol. The molecule has 0 amide bonds. The van der Waals surface area contributed by atoms with Crippen LogP contribution in [0.5, 0.6) is 0 Å². The Balaban J connectivity index is 2.38. The van der Waals surface area contributed by atoms with Gasteiger partial charge in [-0.05, 0) is 22.8 Å². The molecule has 7 nitrogen and oxygen atoms in total. The van der Waals surface area contributed by atoms with Gasteiger partial charge in [0.2, 0.25) is 0 Å². The van der Waals surface area contributed by atoms with Gasteiger partial charge in [-0.15, -0.1) is 0 Å². The lowest BCUT2D eigenvalue weighted by molar-refractivity contribution is -0.137.